The van der Waals surface area contributed by atoms with Gasteiger partial charge in [-0.2, -0.15) is 16.4 Å². The van der Waals surface area contributed by atoms with Gasteiger partial charge in [0.05, 0.1) is 12.2 Å². The predicted molar refractivity (Wildman–Crippen MR) is 103 cm³/mol. The summed E-state index contributed by atoms with van der Waals surface area (Å²) in [4.78, 5) is 12.2. The summed E-state index contributed by atoms with van der Waals surface area (Å²) >= 11 is 1.66. The Morgan fingerprint density at radius 3 is 2.56 bits per heavy atom. The molecule has 5 heteroatoms. The molecule has 0 spiro atoms. The number of carbonyl (C=O) groups is 1. The summed E-state index contributed by atoms with van der Waals surface area (Å²) in [7, 11) is 0. The molecule has 0 fully saturated rings. The zero-order chi connectivity index (χ0) is 17.9. The maximum atomic E-state index is 12.2. The summed E-state index contributed by atoms with van der Waals surface area (Å²) in [6, 6.07) is 11.9. The molecule has 1 amide bonds. The SMILES string of the molecule is CC(C)(C)c1ccc(C(=O)NCCn2ccc(-c3ccsc3)n2)cc1. The lowest BCUT2D eigenvalue weighted by atomic mass is 9.87. The molecular weight excluding hydrogens is 330 g/mol. The van der Waals surface area contributed by atoms with Crippen LogP contribution in [0.3, 0.4) is 0 Å². The van der Waals surface area contributed by atoms with Crippen LogP contribution < -0.4 is 5.32 Å². The van der Waals surface area contributed by atoms with Gasteiger partial charge in [0.15, 0.2) is 0 Å². The number of hydrogen-bond donors (Lipinski definition) is 1. The van der Waals surface area contributed by atoms with E-state index in [1.807, 2.05) is 46.6 Å². The molecule has 1 aromatic carbocycles. The lowest BCUT2D eigenvalue weighted by Crippen LogP contribution is -2.27. The molecule has 4 nitrogen and oxygen atoms in total. The average molecular weight is 353 g/mol. The zero-order valence-corrected chi connectivity index (χ0v) is 15.6. The van der Waals surface area contributed by atoms with Crippen LogP contribution >= 0.6 is 11.3 Å². The van der Waals surface area contributed by atoms with Crippen LogP contribution in [-0.2, 0) is 12.0 Å². The monoisotopic (exact) mass is 353 g/mol. The Morgan fingerprint density at radius 2 is 1.92 bits per heavy atom. The molecule has 0 bridgehead atoms. The summed E-state index contributed by atoms with van der Waals surface area (Å²) in [6.07, 6.45) is 1.94. The minimum Gasteiger partial charge on any atom is -0.350 e. The van der Waals surface area contributed by atoms with E-state index in [1.54, 1.807) is 11.3 Å². The van der Waals surface area contributed by atoms with Crippen molar-refractivity contribution in [3.8, 4) is 11.3 Å². The molecule has 0 aliphatic carbocycles. The molecule has 0 aliphatic heterocycles. The molecule has 3 aromatic rings. The fraction of sp³-hybridized carbons (Fsp3) is 0.300. The lowest BCUT2D eigenvalue weighted by molar-refractivity contribution is 0.0952. The van der Waals surface area contributed by atoms with Crippen LogP contribution in [0, 0.1) is 0 Å². The largest absolute Gasteiger partial charge is 0.350 e. The Bertz CT molecular complexity index is 827. The predicted octanol–water partition coefficient (Wildman–Crippen LogP) is 4.34. The average Bonchev–Trinajstić information content (AvgIpc) is 3.25. The van der Waals surface area contributed by atoms with E-state index >= 15 is 0 Å². The van der Waals surface area contributed by atoms with Crippen LogP contribution in [0.1, 0.15) is 36.7 Å². The van der Waals surface area contributed by atoms with Gasteiger partial charge in [-0.1, -0.05) is 32.9 Å². The van der Waals surface area contributed by atoms with Crippen molar-refractivity contribution in [3.63, 3.8) is 0 Å². The van der Waals surface area contributed by atoms with Crippen molar-refractivity contribution in [2.45, 2.75) is 32.7 Å². The Balaban J connectivity index is 1.53. The van der Waals surface area contributed by atoms with Crippen molar-refractivity contribution in [3.05, 3.63) is 64.5 Å². The molecule has 1 N–H and O–H groups in total. The maximum absolute atomic E-state index is 12.2. The standard InChI is InChI=1S/C20H23N3OS/c1-20(2,3)17-6-4-15(5-7-17)19(24)21-10-12-23-11-8-18(22-23)16-9-13-25-14-16/h4-9,11,13-14H,10,12H2,1-3H3,(H,21,24). The first-order valence-electron chi connectivity index (χ1n) is 8.38. The fourth-order valence-electron chi connectivity index (χ4n) is 2.56. The number of benzene rings is 1. The molecule has 130 valence electrons. The van der Waals surface area contributed by atoms with E-state index < -0.39 is 0 Å². The second kappa shape index (κ2) is 7.23. The molecule has 0 radical (unpaired) electrons. The number of hydrogen-bond acceptors (Lipinski definition) is 3. The van der Waals surface area contributed by atoms with Crippen molar-refractivity contribution in [2.24, 2.45) is 0 Å². The van der Waals surface area contributed by atoms with Crippen LogP contribution in [0.2, 0.25) is 0 Å². The van der Waals surface area contributed by atoms with E-state index in [0.29, 0.717) is 18.7 Å². The number of carbonyl (C=O) groups excluding carboxylic acids is 1. The van der Waals surface area contributed by atoms with Gasteiger partial charge < -0.3 is 5.32 Å². The molecule has 2 heterocycles. The normalized spacial score (nSPS) is 11.5. The van der Waals surface area contributed by atoms with E-state index in [0.717, 1.165) is 11.3 Å². The van der Waals surface area contributed by atoms with E-state index in [1.165, 1.54) is 5.56 Å². The van der Waals surface area contributed by atoms with E-state index in [9.17, 15) is 4.79 Å². The van der Waals surface area contributed by atoms with Crippen molar-refractivity contribution in [1.29, 1.82) is 0 Å². The van der Waals surface area contributed by atoms with Crippen molar-refractivity contribution in [2.75, 3.05) is 6.54 Å². The molecule has 0 saturated heterocycles. The van der Waals surface area contributed by atoms with Crippen LogP contribution in [0.4, 0.5) is 0 Å². The third-order valence-electron chi connectivity index (χ3n) is 4.10. The van der Waals surface area contributed by atoms with Crippen LogP contribution in [0.25, 0.3) is 11.3 Å². The molecule has 0 saturated carbocycles. The first-order chi connectivity index (χ1) is 11.9. The summed E-state index contributed by atoms with van der Waals surface area (Å²) in [5, 5.41) is 11.6. The number of rotatable bonds is 5. The summed E-state index contributed by atoms with van der Waals surface area (Å²) < 4.78 is 1.86. The van der Waals surface area contributed by atoms with Gasteiger partial charge in [0.1, 0.15) is 0 Å². The van der Waals surface area contributed by atoms with Crippen molar-refractivity contribution < 1.29 is 4.79 Å². The Labute approximate surface area is 152 Å². The number of nitrogens with one attached hydrogen (secondary N) is 1. The Hall–Kier alpha value is -2.40. The van der Waals surface area contributed by atoms with Crippen LogP contribution in [-0.4, -0.2) is 22.2 Å². The van der Waals surface area contributed by atoms with E-state index in [-0.39, 0.29) is 11.3 Å². The minimum atomic E-state index is -0.0503. The van der Waals surface area contributed by atoms with E-state index in [2.05, 4.69) is 42.6 Å². The lowest BCUT2D eigenvalue weighted by Gasteiger charge is -2.19. The molecule has 0 aliphatic rings. The smallest absolute Gasteiger partial charge is 0.251 e. The topological polar surface area (TPSA) is 46.9 Å². The van der Waals surface area contributed by atoms with Crippen LogP contribution in [0.5, 0.6) is 0 Å². The highest BCUT2D eigenvalue weighted by atomic mass is 32.1. The highest BCUT2D eigenvalue weighted by molar-refractivity contribution is 7.08. The second-order valence-electron chi connectivity index (χ2n) is 7.06. The first-order valence-corrected chi connectivity index (χ1v) is 9.32. The number of thiophene rings is 1. The minimum absolute atomic E-state index is 0.0503. The van der Waals surface area contributed by atoms with Crippen molar-refractivity contribution >= 4 is 17.2 Å². The summed E-state index contributed by atoms with van der Waals surface area (Å²) in [5.74, 6) is -0.0503. The fourth-order valence-corrected chi connectivity index (χ4v) is 3.21. The third kappa shape index (κ3) is 4.37. The van der Waals surface area contributed by atoms with Gasteiger partial charge in [0.25, 0.3) is 5.91 Å². The summed E-state index contributed by atoms with van der Waals surface area (Å²) in [5.41, 5.74) is 4.10. The van der Waals surface area contributed by atoms with Gasteiger partial charge in [-0.05, 0) is 40.6 Å². The number of nitrogens with zero attached hydrogens (tertiary/aromatic N) is 2. The number of aromatic nitrogens is 2. The molecule has 0 unspecified atom stereocenters. The summed E-state index contributed by atoms with van der Waals surface area (Å²) in [6.45, 7) is 7.68. The maximum Gasteiger partial charge on any atom is 0.251 e. The highest BCUT2D eigenvalue weighted by Gasteiger charge is 2.14. The van der Waals surface area contributed by atoms with Crippen molar-refractivity contribution in [1.82, 2.24) is 15.1 Å². The zero-order valence-electron chi connectivity index (χ0n) is 14.8. The van der Waals surface area contributed by atoms with Gasteiger partial charge in [-0.25, -0.2) is 0 Å². The van der Waals surface area contributed by atoms with Gasteiger partial charge in [0.2, 0.25) is 0 Å². The van der Waals surface area contributed by atoms with Gasteiger partial charge >= 0.3 is 0 Å². The Kier molecular flexibility index (Phi) is 5.04. The van der Waals surface area contributed by atoms with Crippen LogP contribution in [0.15, 0.2) is 53.4 Å². The molecule has 2 aromatic heterocycles. The quantitative estimate of drug-likeness (QED) is 0.742. The second-order valence-corrected chi connectivity index (χ2v) is 7.84. The highest BCUT2D eigenvalue weighted by Crippen LogP contribution is 2.22. The van der Waals surface area contributed by atoms with Gasteiger partial charge in [-0.15, -0.1) is 0 Å². The Morgan fingerprint density at radius 1 is 1.16 bits per heavy atom. The molecule has 3 rings (SSSR count). The number of amides is 1. The van der Waals surface area contributed by atoms with Gasteiger partial charge in [-0.3, -0.25) is 9.48 Å². The molecule has 0 atom stereocenters. The third-order valence-corrected chi connectivity index (χ3v) is 4.78. The molecule has 25 heavy (non-hydrogen) atoms. The van der Waals surface area contributed by atoms with Gasteiger partial charge in [0, 0.05) is 29.2 Å². The first kappa shape index (κ1) is 17.4. The molecular formula is C20H23N3OS. The van der Waals surface area contributed by atoms with E-state index in [4.69, 9.17) is 0 Å².